The maximum absolute atomic E-state index is 4.46. The molecule has 0 spiro atoms. The largest absolute Gasteiger partial charge is 0.369 e. The van der Waals surface area contributed by atoms with Crippen LogP contribution in [0.2, 0.25) is 0 Å². The summed E-state index contributed by atoms with van der Waals surface area (Å²) in [6.07, 6.45) is 6.46. The number of hydrogen-bond donors (Lipinski definition) is 1. The topological polar surface area (TPSA) is 41.1 Å². The van der Waals surface area contributed by atoms with Gasteiger partial charge in [-0.3, -0.25) is 0 Å². The third-order valence-corrected chi connectivity index (χ3v) is 3.77. The summed E-state index contributed by atoms with van der Waals surface area (Å²) in [7, 11) is 0. The van der Waals surface area contributed by atoms with Crippen molar-refractivity contribution in [3.8, 4) is 0 Å². The second-order valence-electron chi connectivity index (χ2n) is 4.71. The normalized spacial score (nSPS) is 14.6. The first kappa shape index (κ1) is 13.6. The van der Waals surface area contributed by atoms with Crippen molar-refractivity contribution in [2.24, 2.45) is 0 Å². The predicted molar refractivity (Wildman–Crippen MR) is 79.2 cm³/mol. The number of anilines is 2. The van der Waals surface area contributed by atoms with Gasteiger partial charge in [-0.25, -0.2) is 9.97 Å². The van der Waals surface area contributed by atoms with Crippen LogP contribution in [0.3, 0.4) is 0 Å². The zero-order valence-corrected chi connectivity index (χ0v) is 12.7. The Bertz CT molecular complexity index is 393. The molecule has 0 saturated heterocycles. The SMILES string of the molecule is CCCNc1ncnc(N(CCC)C2CC2)c1Br. The zero-order chi connectivity index (χ0) is 13.0. The lowest BCUT2D eigenvalue weighted by molar-refractivity contribution is 0.746. The summed E-state index contributed by atoms with van der Waals surface area (Å²) in [5, 5.41) is 3.33. The van der Waals surface area contributed by atoms with Gasteiger partial charge in [-0.2, -0.15) is 0 Å². The Hall–Kier alpha value is -0.840. The molecule has 5 heteroatoms. The quantitative estimate of drug-likeness (QED) is 0.837. The molecule has 0 unspecified atom stereocenters. The molecule has 18 heavy (non-hydrogen) atoms. The summed E-state index contributed by atoms with van der Waals surface area (Å²) in [5.41, 5.74) is 0. The van der Waals surface area contributed by atoms with Gasteiger partial charge in [-0.05, 0) is 41.6 Å². The van der Waals surface area contributed by atoms with Crippen molar-refractivity contribution in [3.63, 3.8) is 0 Å². The average Bonchev–Trinajstić information content (AvgIpc) is 3.19. The van der Waals surface area contributed by atoms with E-state index in [1.165, 1.54) is 12.8 Å². The Kier molecular flexibility index (Phi) is 4.80. The van der Waals surface area contributed by atoms with Gasteiger partial charge in [0.2, 0.25) is 0 Å². The first-order chi connectivity index (χ1) is 8.77. The number of nitrogens with zero attached hydrogens (tertiary/aromatic N) is 3. The van der Waals surface area contributed by atoms with Crippen molar-refractivity contribution in [3.05, 3.63) is 10.8 Å². The van der Waals surface area contributed by atoms with Crippen LogP contribution >= 0.6 is 15.9 Å². The van der Waals surface area contributed by atoms with Gasteiger partial charge in [0.25, 0.3) is 0 Å². The first-order valence-electron chi connectivity index (χ1n) is 6.78. The number of aromatic nitrogens is 2. The Morgan fingerprint density at radius 3 is 2.72 bits per heavy atom. The van der Waals surface area contributed by atoms with Crippen LogP contribution < -0.4 is 10.2 Å². The number of rotatable bonds is 7. The van der Waals surface area contributed by atoms with E-state index in [1.54, 1.807) is 6.33 Å². The van der Waals surface area contributed by atoms with Crippen molar-refractivity contribution in [2.75, 3.05) is 23.3 Å². The molecule has 0 aromatic carbocycles. The molecule has 1 aromatic rings. The van der Waals surface area contributed by atoms with E-state index in [0.717, 1.165) is 42.0 Å². The van der Waals surface area contributed by atoms with Crippen LogP contribution in [0.1, 0.15) is 39.5 Å². The summed E-state index contributed by atoms with van der Waals surface area (Å²) in [4.78, 5) is 11.2. The summed E-state index contributed by atoms with van der Waals surface area (Å²) < 4.78 is 0.999. The fourth-order valence-electron chi connectivity index (χ4n) is 2.02. The molecule has 0 atom stereocenters. The molecular formula is C13H21BrN4. The van der Waals surface area contributed by atoms with Crippen molar-refractivity contribution < 1.29 is 0 Å². The lowest BCUT2D eigenvalue weighted by Gasteiger charge is -2.24. The van der Waals surface area contributed by atoms with Crippen molar-refractivity contribution in [1.29, 1.82) is 0 Å². The highest BCUT2D eigenvalue weighted by molar-refractivity contribution is 9.10. The zero-order valence-electron chi connectivity index (χ0n) is 11.1. The third-order valence-electron chi connectivity index (χ3n) is 3.04. The van der Waals surface area contributed by atoms with Gasteiger partial charge in [0, 0.05) is 19.1 Å². The molecule has 1 fully saturated rings. The van der Waals surface area contributed by atoms with Crippen molar-refractivity contribution in [1.82, 2.24) is 9.97 Å². The van der Waals surface area contributed by atoms with Crippen LogP contribution in [-0.2, 0) is 0 Å². The monoisotopic (exact) mass is 312 g/mol. The highest BCUT2D eigenvalue weighted by Gasteiger charge is 2.31. The highest BCUT2D eigenvalue weighted by Crippen LogP contribution is 2.36. The predicted octanol–water partition coefficient (Wildman–Crippen LogP) is 3.44. The van der Waals surface area contributed by atoms with Gasteiger partial charge >= 0.3 is 0 Å². The summed E-state index contributed by atoms with van der Waals surface area (Å²) >= 11 is 3.65. The lowest BCUT2D eigenvalue weighted by Crippen LogP contribution is -2.28. The molecule has 0 radical (unpaired) electrons. The molecule has 100 valence electrons. The first-order valence-corrected chi connectivity index (χ1v) is 7.58. The van der Waals surface area contributed by atoms with Gasteiger partial charge in [-0.15, -0.1) is 0 Å². The van der Waals surface area contributed by atoms with E-state index >= 15 is 0 Å². The number of hydrogen-bond acceptors (Lipinski definition) is 4. The minimum absolute atomic E-state index is 0.676. The summed E-state index contributed by atoms with van der Waals surface area (Å²) in [6.45, 7) is 6.36. The van der Waals surface area contributed by atoms with Gasteiger partial charge in [-0.1, -0.05) is 13.8 Å². The van der Waals surface area contributed by atoms with Gasteiger partial charge in [0.15, 0.2) is 0 Å². The molecule has 1 saturated carbocycles. The Labute approximate surface area is 117 Å². The maximum atomic E-state index is 4.46. The molecule has 2 rings (SSSR count). The number of nitrogens with one attached hydrogen (secondary N) is 1. The molecule has 1 aromatic heterocycles. The van der Waals surface area contributed by atoms with E-state index in [9.17, 15) is 0 Å². The van der Waals surface area contributed by atoms with E-state index in [1.807, 2.05) is 0 Å². The smallest absolute Gasteiger partial charge is 0.148 e. The van der Waals surface area contributed by atoms with E-state index in [2.05, 4.69) is 50.0 Å². The lowest BCUT2D eigenvalue weighted by atomic mass is 10.3. The van der Waals surface area contributed by atoms with E-state index < -0.39 is 0 Å². The Morgan fingerprint density at radius 1 is 1.33 bits per heavy atom. The standard InChI is InChI=1S/C13H21BrN4/c1-3-7-15-12-11(14)13(17-9-16-12)18(8-4-2)10-5-6-10/h9-10H,3-8H2,1-2H3,(H,15,16,17). The minimum Gasteiger partial charge on any atom is -0.369 e. The van der Waals surface area contributed by atoms with Crippen molar-refractivity contribution in [2.45, 2.75) is 45.6 Å². The maximum Gasteiger partial charge on any atom is 0.148 e. The summed E-state index contributed by atoms with van der Waals surface area (Å²) in [5.74, 6) is 1.94. The Morgan fingerprint density at radius 2 is 2.11 bits per heavy atom. The van der Waals surface area contributed by atoms with Gasteiger partial charge < -0.3 is 10.2 Å². The second-order valence-corrected chi connectivity index (χ2v) is 5.50. The van der Waals surface area contributed by atoms with Crippen LogP contribution in [0.25, 0.3) is 0 Å². The van der Waals surface area contributed by atoms with Gasteiger partial charge in [0.1, 0.15) is 22.4 Å². The van der Waals surface area contributed by atoms with Crippen LogP contribution in [0.4, 0.5) is 11.6 Å². The van der Waals surface area contributed by atoms with Crippen molar-refractivity contribution >= 4 is 27.6 Å². The van der Waals surface area contributed by atoms with E-state index in [4.69, 9.17) is 0 Å². The van der Waals surface area contributed by atoms with E-state index in [-0.39, 0.29) is 0 Å². The van der Waals surface area contributed by atoms with E-state index in [0.29, 0.717) is 6.04 Å². The van der Waals surface area contributed by atoms with Crippen LogP contribution in [0.15, 0.2) is 10.8 Å². The fraction of sp³-hybridized carbons (Fsp3) is 0.692. The second kappa shape index (κ2) is 6.36. The van der Waals surface area contributed by atoms with Gasteiger partial charge in [0.05, 0.1) is 0 Å². The molecular weight excluding hydrogens is 292 g/mol. The molecule has 1 aliphatic rings. The summed E-state index contributed by atoms with van der Waals surface area (Å²) in [6, 6.07) is 0.676. The molecule has 0 aliphatic heterocycles. The Balaban J connectivity index is 2.19. The molecule has 0 bridgehead atoms. The molecule has 1 N–H and O–H groups in total. The minimum atomic E-state index is 0.676. The highest BCUT2D eigenvalue weighted by atomic mass is 79.9. The fourth-order valence-corrected chi connectivity index (χ4v) is 2.59. The molecule has 1 aliphatic carbocycles. The molecule has 1 heterocycles. The molecule has 0 amide bonds. The number of halogens is 1. The van der Waals surface area contributed by atoms with Crippen LogP contribution in [0, 0.1) is 0 Å². The molecule has 4 nitrogen and oxygen atoms in total. The van der Waals surface area contributed by atoms with Crippen LogP contribution in [-0.4, -0.2) is 29.1 Å². The average molecular weight is 313 g/mol. The van der Waals surface area contributed by atoms with Crippen LogP contribution in [0.5, 0.6) is 0 Å². The third kappa shape index (κ3) is 3.13.